The SMILES string of the molecule is CN(C)C(=O)[C@H](OC(=O)C1CCN(S(=O)(=O)c2ccccc2C(F)(F)F)CC1)c1ccccc1. The van der Waals surface area contributed by atoms with E-state index < -0.39 is 50.6 Å². The predicted molar refractivity (Wildman–Crippen MR) is 117 cm³/mol. The number of ether oxygens (including phenoxy) is 1. The number of carbonyl (C=O) groups is 2. The maximum absolute atomic E-state index is 13.3. The standard InChI is InChI=1S/C23H25F3N2O5S/c1-27(2)21(29)20(16-8-4-3-5-9-16)33-22(30)17-12-14-28(15-13-17)34(31,32)19-11-7-6-10-18(19)23(24,25)26/h3-11,17,20H,12-15H2,1-2H3/t20-/m1/s1. The van der Waals surface area contributed by atoms with Crippen LogP contribution in [0.1, 0.15) is 30.1 Å². The predicted octanol–water partition coefficient (Wildman–Crippen LogP) is 3.48. The van der Waals surface area contributed by atoms with Crippen molar-refractivity contribution < 1.29 is 35.9 Å². The summed E-state index contributed by atoms with van der Waals surface area (Å²) in [4.78, 5) is 25.9. The van der Waals surface area contributed by atoms with Gasteiger partial charge in [-0.15, -0.1) is 0 Å². The van der Waals surface area contributed by atoms with Crippen LogP contribution in [0, 0.1) is 5.92 Å². The van der Waals surface area contributed by atoms with Crippen molar-refractivity contribution >= 4 is 21.9 Å². The molecule has 1 atom stereocenters. The van der Waals surface area contributed by atoms with Crippen molar-refractivity contribution in [2.45, 2.75) is 30.0 Å². The summed E-state index contributed by atoms with van der Waals surface area (Å²) in [5.41, 5.74) is -0.734. The van der Waals surface area contributed by atoms with Crippen molar-refractivity contribution in [2.24, 2.45) is 5.92 Å². The van der Waals surface area contributed by atoms with Crippen LogP contribution in [-0.2, 0) is 30.5 Å². The van der Waals surface area contributed by atoms with E-state index in [9.17, 15) is 31.2 Å². The van der Waals surface area contributed by atoms with Crippen LogP contribution in [0.4, 0.5) is 13.2 Å². The minimum atomic E-state index is -4.82. The number of benzene rings is 2. The zero-order valence-corrected chi connectivity index (χ0v) is 19.5. The van der Waals surface area contributed by atoms with Crippen molar-refractivity contribution in [1.29, 1.82) is 0 Å². The molecular formula is C23H25F3N2O5S. The van der Waals surface area contributed by atoms with Gasteiger partial charge in [0.2, 0.25) is 16.1 Å². The topological polar surface area (TPSA) is 84.0 Å². The van der Waals surface area contributed by atoms with Crippen LogP contribution in [0.3, 0.4) is 0 Å². The molecule has 0 spiro atoms. The molecule has 0 unspecified atom stereocenters. The van der Waals surface area contributed by atoms with E-state index in [1.165, 1.54) is 25.1 Å². The average Bonchev–Trinajstić information content (AvgIpc) is 2.82. The van der Waals surface area contributed by atoms with Gasteiger partial charge in [-0.1, -0.05) is 42.5 Å². The summed E-state index contributed by atoms with van der Waals surface area (Å²) >= 11 is 0. The largest absolute Gasteiger partial charge is 0.447 e. The Morgan fingerprint density at radius 3 is 2.12 bits per heavy atom. The van der Waals surface area contributed by atoms with E-state index in [1.807, 2.05) is 0 Å². The molecule has 2 aromatic carbocycles. The van der Waals surface area contributed by atoms with E-state index in [0.717, 1.165) is 22.5 Å². The molecule has 11 heteroatoms. The highest BCUT2D eigenvalue weighted by Gasteiger charge is 2.40. The first-order chi connectivity index (χ1) is 15.9. The van der Waals surface area contributed by atoms with Crippen LogP contribution < -0.4 is 0 Å². The number of amides is 1. The van der Waals surface area contributed by atoms with E-state index in [0.29, 0.717) is 5.56 Å². The molecule has 1 aliphatic rings. The summed E-state index contributed by atoms with van der Waals surface area (Å²) in [6.45, 7) is -0.294. The number of piperidine rings is 1. The molecule has 0 saturated carbocycles. The fraction of sp³-hybridized carbons (Fsp3) is 0.391. The van der Waals surface area contributed by atoms with Gasteiger partial charge in [-0.05, 0) is 25.0 Å². The van der Waals surface area contributed by atoms with Gasteiger partial charge >= 0.3 is 12.1 Å². The van der Waals surface area contributed by atoms with Crippen LogP contribution in [0.15, 0.2) is 59.5 Å². The maximum Gasteiger partial charge on any atom is 0.417 e. The van der Waals surface area contributed by atoms with E-state index in [-0.39, 0.29) is 25.9 Å². The Morgan fingerprint density at radius 1 is 1.00 bits per heavy atom. The quantitative estimate of drug-likeness (QED) is 0.570. The molecule has 0 radical (unpaired) electrons. The first kappa shape index (κ1) is 25.7. The second-order valence-corrected chi connectivity index (χ2v) is 10.0. The molecule has 184 valence electrons. The number of nitrogens with zero attached hydrogens (tertiary/aromatic N) is 2. The summed E-state index contributed by atoms with van der Waals surface area (Å²) in [7, 11) is -1.34. The summed E-state index contributed by atoms with van der Waals surface area (Å²) in [6, 6.07) is 12.5. The fourth-order valence-corrected chi connectivity index (χ4v) is 5.41. The lowest BCUT2D eigenvalue weighted by Crippen LogP contribution is -2.42. The van der Waals surface area contributed by atoms with Gasteiger partial charge in [-0.3, -0.25) is 9.59 Å². The molecule has 1 amide bonds. The lowest BCUT2D eigenvalue weighted by Gasteiger charge is -2.31. The van der Waals surface area contributed by atoms with Gasteiger partial charge < -0.3 is 9.64 Å². The van der Waals surface area contributed by atoms with Crippen molar-refractivity contribution in [3.8, 4) is 0 Å². The smallest absolute Gasteiger partial charge is 0.417 e. The number of rotatable bonds is 6. The molecule has 0 aliphatic carbocycles. The number of carbonyl (C=O) groups excluding carboxylic acids is 2. The number of halogens is 3. The van der Waals surface area contributed by atoms with Gasteiger partial charge in [0.15, 0.2) is 0 Å². The highest BCUT2D eigenvalue weighted by Crippen LogP contribution is 2.36. The molecule has 1 fully saturated rings. The Labute approximate surface area is 196 Å². The third-order valence-corrected chi connectivity index (χ3v) is 7.56. The second-order valence-electron chi connectivity index (χ2n) is 8.13. The molecule has 0 bridgehead atoms. The zero-order valence-electron chi connectivity index (χ0n) is 18.7. The lowest BCUT2D eigenvalue weighted by molar-refractivity contribution is -0.164. The molecular weight excluding hydrogens is 473 g/mol. The summed E-state index contributed by atoms with van der Waals surface area (Å²) in [5, 5.41) is 0. The first-order valence-electron chi connectivity index (χ1n) is 10.6. The van der Waals surface area contributed by atoms with E-state index in [1.54, 1.807) is 30.3 Å². The molecule has 1 aliphatic heterocycles. The minimum absolute atomic E-state index is 0.0594. The Morgan fingerprint density at radius 2 is 1.56 bits per heavy atom. The van der Waals surface area contributed by atoms with Crippen LogP contribution in [0.25, 0.3) is 0 Å². The van der Waals surface area contributed by atoms with Gasteiger partial charge in [-0.2, -0.15) is 17.5 Å². The number of hydrogen-bond donors (Lipinski definition) is 0. The molecule has 3 rings (SSSR count). The third kappa shape index (κ3) is 5.58. The molecule has 1 heterocycles. The molecule has 1 saturated heterocycles. The van der Waals surface area contributed by atoms with Gasteiger partial charge in [0.25, 0.3) is 5.91 Å². The third-order valence-electron chi connectivity index (χ3n) is 5.60. The Balaban J connectivity index is 1.72. The Bertz CT molecular complexity index is 1130. The number of alkyl halides is 3. The second kappa shape index (κ2) is 10.1. The first-order valence-corrected chi connectivity index (χ1v) is 12.0. The molecule has 34 heavy (non-hydrogen) atoms. The fourth-order valence-electron chi connectivity index (χ4n) is 3.73. The Hall–Kier alpha value is -2.92. The molecule has 7 nitrogen and oxygen atoms in total. The van der Waals surface area contributed by atoms with Gasteiger partial charge in [0.05, 0.1) is 16.4 Å². The minimum Gasteiger partial charge on any atom is -0.447 e. The molecule has 2 aromatic rings. The number of sulfonamides is 1. The normalized spacial score (nSPS) is 16.6. The van der Waals surface area contributed by atoms with E-state index in [2.05, 4.69) is 0 Å². The van der Waals surface area contributed by atoms with E-state index in [4.69, 9.17) is 4.74 Å². The highest BCUT2D eigenvalue weighted by molar-refractivity contribution is 7.89. The van der Waals surface area contributed by atoms with E-state index >= 15 is 0 Å². The Kier molecular flexibility index (Phi) is 7.67. The average molecular weight is 499 g/mol. The number of likely N-dealkylation sites (N-methyl/N-ethyl adjacent to an activating group) is 1. The van der Waals surface area contributed by atoms with Crippen molar-refractivity contribution in [3.63, 3.8) is 0 Å². The maximum atomic E-state index is 13.3. The molecule has 0 aromatic heterocycles. The number of hydrogen-bond acceptors (Lipinski definition) is 5. The summed E-state index contributed by atoms with van der Waals surface area (Å²) in [5.74, 6) is -1.77. The van der Waals surface area contributed by atoms with Crippen molar-refractivity contribution in [1.82, 2.24) is 9.21 Å². The van der Waals surface area contributed by atoms with Crippen LogP contribution >= 0.6 is 0 Å². The summed E-state index contributed by atoms with van der Waals surface area (Å²) in [6.07, 6.45) is -5.85. The van der Waals surface area contributed by atoms with Gasteiger partial charge in [0.1, 0.15) is 0 Å². The van der Waals surface area contributed by atoms with Crippen LogP contribution in [0.2, 0.25) is 0 Å². The highest BCUT2D eigenvalue weighted by atomic mass is 32.2. The monoisotopic (exact) mass is 498 g/mol. The van der Waals surface area contributed by atoms with Crippen molar-refractivity contribution in [3.05, 3.63) is 65.7 Å². The van der Waals surface area contributed by atoms with Gasteiger partial charge in [-0.25, -0.2) is 8.42 Å². The zero-order chi connectivity index (χ0) is 25.1. The van der Waals surface area contributed by atoms with Crippen LogP contribution in [0.5, 0.6) is 0 Å². The van der Waals surface area contributed by atoms with Crippen LogP contribution in [-0.4, -0.2) is 56.7 Å². The van der Waals surface area contributed by atoms with Crippen molar-refractivity contribution in [2.75, 3.05) is 27.2 Å². The molecule has 0 N–H and O–H groups in total. The lowest BCUT2D eigenvalue weighted by atomic mass is 9.98. The summed E-state index contributed by atoms with van der Waals surface area (Å²) < 4.78 is 72.3. The number of esters is 1. The van der Waals surface area contributed by atoms with Gasteiger partial charge in [0, 0.05) is 32.7 Å².